The van der Waals surface area contributed by atoms with E-state index in [1.807, 2.05) is 67.2 Å². The van der Waals surface area contributed by atoms with E-state index in [1.54, 1.807) is 0 Å². The molecule has 0 radical (unpaired) electrons. The monoisotopic (exact) mass is 576 g/mol. The Morgan fingerprint density at radius 2 is 1.37 bits per heavy atom. The number of carbonyl (C=O) groups is 3. The molecule has 1 fully saturated rings. The minimum atomic E-state index is -0.583. The Labute approximate surface area is 247 Å². The third-order valence-corrected chi connectivity index (χ3v) is 7.49. The molecule has 1 saturated heterocycles. The summed E-state index contributed by atoms with van der Waals surface area (Å²) in [5.41, 5.74) is 8.65. The molecule has 10 heteroatoms. The highest BCUT2D eigenvalue weighted by molar-refractivity contribution is 6.04. The van der Waals surface area contributed by atoms with E-state index in [4.69, 9.17) is 14.5 Å². The van der Waals surface area contributed by atoms with Gasteiger partial charge in [-0.05, 0) is 36.1 Å². The van der Waals surface area contributed by atoms with Crippen molar-refractivity contribution in [3.05, 3.63) is 84.2 Å². The number of aryl methyl sites for hydroxylation is 3. The van der Waals surface area contributed by atoms with Crippen LogP contribution >= 0.6 is 0 Å². The summed E-state index contributed by atoms with van der Waals surface area (Å²) < 4.78 is 7.29. The van der Waals surface area contributed by atoms with Gasteiger partial charge in [-0.2, -0.15) is 0 Å². The van der Waals surface area contributed by atoms with Gasteiger partial charge < -0.3 is 4.84 Å². The number of hydroxylamine groups is 2. The lowest BCUT2D eigenvalue weighted by Crippen LogP contribution is -2.33. The zero-order valence-corrected chi connectivity index (χ0v) is 23.9. The number of imide groups is 1. The van der Waals surface area contributed by atoms with Crippen molar-refractivity contribution in [3.8, 4) is 33.6 Å². The smallest absolute Gasteiger partial charge is 0.330 e. The predicted molar refractivity (Wildman–Crippen MR) is 157 cm³/mol. The molecule has 0 spiro atoms. The first-order chi connectivity index (χ1) is 20.9. The van der Waals surface area contributed by atoms with Crippen LogP contribution in [-0.4, -0.2) is 38.1 Å². The summed E-state index contributed by atoms with van der Waals surface area (Å²) >= 11 is 0. The summed E-state index contributed by atoms with van der Waals surface area (Å²) in [4.78, 5) is 45.5. The van der Waals surface area contributed by atoms with Gasteiger partial charge in [0.05, 0.1) is 5.69 Å². The van der Waals surface area contributed by atoms with Crippen molar-refractivity contribution in [3.63, 3.8) is 0 Å². The lowest BCUT2D eigenvalue weighted by atomic mass is 9.95. The lowest BCUT2D eigenvalue weighted by molar-refractivity contribution is -0.697. The molecule has 10 nitrogen and oxygen atoms in total. The zero-order valence-electron chi connectivity index (χ0n) is 23.9. The quantitative estimate of drug-likeness (QED) is 0.132. The Bertz CT molecular complexity index is 1800. The molecule has 216 valence electrons. The van der Waals surface area contributed by atoms with Gasteiger partial charge in [-0.1, -0.05) is 59.7 Å². The first-order valence-corrected chi connectivity index (χ1v) is 14.2. The number of pyridine rings is 2. The molecule has 4 heterocycles. The van der Waals surface area contributed by atoms with Gasteiger partial charge in [0.15, 0.2) is 17.9 Å². The van der Waals surface area contributed by atoms with E-state index in [0.29, 0.717) is 41.2 Å². The van der Waals surface area contributed by atoms with Crippen LogP contribution in [0.15, 0.2) is 77.7 Å². The first kappa shape index (κ1) is 27.9. The lowest BCUT2D eigenvalue weighted by Gasteiger charge is -2.13. The standard InChI is InChI=1S/C33H30N5O5/c1-21-6-10-23(11-7-21)29-30(34-31(33-32(29)35-43-36-33)24-12-8-22(2)9-13-24)25-16-19-37(20-17-25)18-4-3-5-28(41)42-38-26(39)14-15-27(38)40/h6-13,16-17,19-20H,3-5,14-15,18H2,1-2H3/q+1. The first-order valence-electron chi connectivity index (χ1n) is 14.2. The number of benzene rings is 2. The Morgan fingerprint density at radius 3 is 2.02 bits per heavy atom. The number of carbonyl (C=O) groups excluding carboxylic acids is 3. The molecule has 5 aromatic rings. The second-order valence-electron chi connectivity index (χ2n) is 10.7. The number of rotatable bonds is 9. The molecule has 0 atom stereocenters. The van der Waals surface area contributed by atoms with Crippen LogP contribution in [-0.2, 0) is 25.8 Å². The fourth-order valence-corrected chi connectivity index (χ4v) is 5.09. The van der Waals surface area contributed by atoms with Crippen LogP contribution in [0.25, 0.3) is 44.7 Å². The van der Waals surface area contributed by atoms with Crippen molar-refractivity contribution in [2.24, 2.45) is 0 Å². The highest BCUT2D eigenvalue weighted by Gasteiger charge is 2.32. The number of aromatic nitrogens is 4. The van der Waals surface area contributed by atoms with E-state index in [2.05, 4.69) is 34.6 Å². The molecule has 0 N–H and O–H groups in total. The third-order valence-electron chi connectivity index (χ3n) is 7.49. The average molecular weight is 577 g/mol. The minimum absolute atomic E-state index is 0.0807. The van der Waals surface area contributed by atoms with Gasteiger partial charge in [-0.3, -0.25) is 9.59 Å². The SMILES string of the molecule is Cc1ccc(-c2nc(-c3cc[n+](CCCCC(=O)ON4C(=O)CCC4=O)cc3)c(-c3ccc(C)cc3)c3nonc23)cc1. The molecule has 0 bridgehead atoms. The number of hydrogen-bond acceptors (Lipinski definition) is 8. The van der Waals surface area contributed by atoms with Crippen LogP contribution < -0.4 is 4.57 Å². The van der Waals surface area contributed by atoms with Gasteiger partial charge in [0.2, 0.25) is 0 Å². The highest BCUT2D eigenvalue weighted by atomic mass is 16.7. The maximum atomic E-state index is 12.1. The van der Waals surface area contributed by atoms with Gasteiger partial charge in [0.25, 0.3) is 11.8 Å². The summed E-state index contributed by atoms with van der Waals surface area (Å²) in [6.45, 7) is 4.76. The predicted octanol–water partition coefficient (Wildman–Crippen LogP) is 5.30. The number of nitrogens with zero attached hydrogens (tertiary/aromatic N) is 5. The van der Waals surface area contributed by atoms with Crippen LogP contribution in [0.3, 0.4) is 0 Å². The second kappa shape index (κ2) is 11.9. The fourth-order valence-electron chi connectivity index (χ4n) is 5.09. The van der Waals surface area contributed by atoms with Crippen molar-refractivity contribution in [2.45, 2.75) is 52.5 Å². The van der Waals surface area contributed by atoms with Gasteiger partial charge >= 0.3 is 5.97 Å². The van der Waals surface area contributed by atoms with Crippen molar-refractivity contribution >= 4 is 28.8 Å². The molecule has 2 amide bonds. The van der Waals surface area contributed by atoms with Crippen LogP contribution in [0.5, 0.6) is 0 Å². The molecular weight excluding hydrogens is 546 g/mol. The van der Waals surface area contributed by atoms with Crippen molar-refractivity contribution < 1.29 is 28.4 Å². The Balaban J connectivity index is 1.24. The highest BCUT2D eigenvalue weighted by Crippen LogP contribution is 2.39. The van der Waals surface area contributed by atoms with E-state index in [0.717, 1.165) is 39.1 Å². The molecule has 2 aromatic carbocycles. The topological polar surface area (TPSA) is 119 Å². The van der Waals surface area contributed by atoms with Crippen LogP contribution in [0.4, 0.5) is 0 Å². The number of fused-ring (bicyclic) bond motifs is 1. The van der Waals surface area contributed by atoms with Gasteiger partial charge in [0.1, 0.15) is 17.8 Å². The second-order valence-corrected chi connectivity index (χ2v) is 10.7. The minimum Gasteiger partial charge on any atom is -0.330 e. The average Bonchev–Trinajstić information content (AvgIpc) is 3.63. The van der Waals surface area contributed by atoms with Crippen molar-refractivity contribution in [1.82, 2.24) is 20.4 Å². The molecule has 3 aromatic heterocycles. The molecule has 0 saturated carbocycles. The summed E-state index contributed by atoms with van der Waals surface area (Å²) in [6.07, 6.45) is 5.50. The number of hydrogen-bond donors (Lipinski definition) is 0. The zero-order chi connectivity index (χ0) is 29.9. The summed E-state index contributed by atoms with van der Waals surface area (Å²) in [5.74, 6) is -1.53. The third kappa shape index (κ3) is 5.90. The Hall–Kier alpha value is -5.25. The molecule has 0 unspecified atom stereocenters. The summed E-state index contributed by atoms with van der Waals surface area (Å²) in [6, 6.07) is 20.4. The normalized spacial score (nSPS) is 13.2. The molecule has 43 heavy (non-hydrogen) atoms. The Kier molecular flexibility index (Phi) is 7.74. The fraction of sp³-hybridized carbons (Fsp3) is 0.242. The van der Waals surface area contributed by atoms with Crippen LogP contribution in [0.1, 0.15) is 43.2 Å². The van der Waals surface area contributed by atoms with E-state index < -0.39 is 17.8 Å². The molecular formula is C33H30N5O5+. The maximum absolute atomic E-state index is 12.1. The van der Waals surface area contributed by atoms with Gasteiger partial charge in [-0.25, -0.2) is 19.0 Å². The molecule has 1 aliphatic heterocycles. The summed E-state index contributed by atoms with van der Waals surface area (Å²) in [5, 5.41) is 9.15. The summed E-state index contributed by atoms with van der Waals surface area (Å²) in [7, 11) is 0. The van der Waals surface area contributed by atoms with Gasteiger partial charge in [0, 0.05) is 54.5 Å². The molecule has 6 rings (SSSR count). The van der Waals surface area contributed by atoms with Gasteiger partial charge in [-0.15, -0.1) is 5.06 Å². The number of unbranched alkanes of at least 4 members (excludes halogenated alkanes) is 1. The van der Waals surface area contributed by atoms with Crippen molar-refractivity contribution in [2.75, 3.05) is 0 Å². The largest absolute Gasteiger partial charge is 0.333 e. The van der Waals surface area contributed by atoms with E-state index >= 15 is 0 Å². The van der Waals surface area contributed by atoms with E-state index in [1.165, 1.54) is 0 Å². The number of amides is 2. The van der Waals surface area contributed by atoms with Crippen molar-refractivity contribution in [1.29, 1.82) is 0 Å². The van der Waals surface area contributed by atoms with E-state index in [-0.39, 0.29) is 19.3 Å². The van der Waals surface area contributed by atoms with Crippen LogP contribution in [0, 0.1) is 13.8 Å². The van der Waals surface area contributed by atoms with Crippen LogP contribution in [0.2, 0.25) is 0 Å². The van der Waals surface area contributed by atoms with E-state index in [9.17, 15) is 14.4 Å². The Morgan fingerprint density at radius 1 is 0.791 bits per heavy atom. The molecule has 0 aliphatic carbocycles. The maximum Gasteiger partial charge on any atom is 0.333 e. The molecule has 1 aliphatic rings.